The van der Waals surface area contributed by atoms with Gasteiger partial charge in [-0.2, -0.15) is 0 Å². The van der Waals surface area contributed by atoms with E-state index < -0.39 is 17.5 Å². The Morgan fingerprint density at radius 2 is 2.05 bits per heavy atom. The largest absolute Gasteiger partial charge is 0.444 e. The Morgan fingerprint density at radius 3 is 2.58 bits per heavy atom. The molecule has 0 aromatic heterocycles. The lowest BCUT2D eigenvalue weighted by atomic mass is 10.1. The fourth-order valence-electron chi connectivity index (χ4n) is 2.30. The molecular formula is C13H23NO5. The van der Waals surface area contributed by atoms with Crippen LogP contribution in [0.25, 0.3) is 0 Å². The van der Waals surface area contributed by atoms with Crippen LogP contribution in [-0.4, -0.2) is 58.9 Å². The second kappa shape index (κ2) is 4.61. The van der Waals surface area contributed by atoms with Crippen LogP contribution in [0.4, 0.5) is 4.79 Å². The van der Waals surface area contributed by atoms with Gasteiger partial charge in [-0.05, 0) is 34.6 Å². The molecule has 1 N–H and O–H groups in total. The van der Waals surface area contributed by atoms with Crippen molar-refractivity contribution in [3.05, 3.63) is 0 Å². The molecule has 6 nitrogen and oxygen atoms in total. The summed E-state index contributed by atoms with van der Waals surface area (Å²) in [6.45, 7) is 9.56. The molecule has 0 spiro atoms. The van der Waals surface area contributed by atoms with E-state index in [0.717, 1.165) is 0 Å². The minimum absolute atomic E-state index is 0.0752. The zero-order chi connectivity index (χ0) is 14.4. The smallest absolute Gasteiger partial charge is 0.410 e. The highest BCUT2D eigenvalue weighted by Crippen LogP contribution is 2.37. The molecule has 0 bridgehead atoms. The van der Waals surface area contributed by atoms with E-state index in [1.165, 1.54) is 0 Å². The Kier molecular flexibility index (Phi) is 3.53. The van der Waals surface area contributed by atoms with Crippen molar-refractivity contribution in [3.63, 3.8) is 0 Å². The molecule has 0 unspecified atom stereocenters. The van der Waals surface area contributed by atoms with Gasteiger partial charge in [-0.25, -0.2) is 4.79 Å². The van der Waals surface area contributed by atoms with Crippen LogP contribution in [0.15, 0.2) is 0 Å². The molecule has 110 valence electrons. The number of ether oxygens (including phenoxy) is 3. The maximum Gasteiger partial charge on any atom is 0.410 e. The second-order valence-electron chi connectivity index (χ2n) is 6.52. The predicted molar refractivity (Wildman–Crippen MR) is 67.6 cm³/mol. The van der Waals surface area contributed by atoms with Gasteiger partial charge in [0.15, 0.2) is 5.79 Å². The van der Waals surface area contributed by atoms with E-state index in [2.05, 4.69) is 0 Å². The Bertz CT molecular complexity index is 363. The number of hydrogen-bond acceptors (Lipinski definition) is 5. The zero-order valence-corrected chi connectivity index (χ0v) is 12.2. The molecule has 2 aliphatic rings. The zero-order valence-electron chi connectivity index (χ0n) is 12.2. The summed E-state index contributed by atoms with van der Waals surface area (Å²) < 4.78 is 16.6. The van der Waals surface area contributed by atoms with E-state index in [4.69, 9.17) is 14.2 Å². The number of nitrogens with zero attached hydrogens (tertiary/aromatic N) is 1. The number of carbonyl (C=O) groups is 1. The average molecular weight is 273 g/mol. The van der Waals surface area contributed by atoms with Gasteiger partial charge in [0, 0.05) is 6.54 Å². The maximum atomic E-state index is 11.9. The fourth-order valence-corrected chi connectivity index (χ4v) is 2.30. The third kappa shape index (κ3) is 3.38. The lowest BCUT2D eigenvalue weighted by Crippen LogP contribution is -2.35. The molecule has 2 fully saturated rings. The van der Waals surface area contributed by atoms with Gasteiger partial charge >= 0.3 is 6.09 Å². The molecule has 2 aliphatic heterocycles. The van der Waals surface area contributed by atoms with E-state index in [1.807, 2.05) is 20.8 Å². The molecule has 19 heavy (non-hydrogen) atoms. The SMILES string of the molecule is CC(C)(C)OC(=O)N1C[C@@H]1[C@@H]1OC(C)(C)O[C@H]1CO. The first-order valence-corrected chi connectivity index (χ1v) is 6.59. The molecule has 0 saturated carbocycles. The molecular weight excluding hydrogens is 250 g/mol. The summed E-state index contributed by atoms with van der Waals surface area (Å²) in [5.74, 6) is -0.722. The van der Waals surface area contributed by atoms with Crippen molar-refractivity contribution in [2.45, 2.75) is 64.3 Å². The molecule has 0 aromatic rings. The quantitative estimate of drug-likeness (QED) is 0.764. The molecule has 0 aliphatic carbocycles. The Morgan fingerprint density at radius 1 is 1.42 bits per heavy atom. The van der Waals surface area contributed by atoms with Crippen LogP contribution in [0.1, 0.15) is 34.6 Å². The molecule has 2 rings (SSSR count). The van der Waals surface area contributed by atoms with Gasteiger partial charge in [0.2, 0.25) is 0 Å². The summed E-state index contributed by atoms with van der Waals surface area (Å²) in [7, 11) is 0. The number of amides is 1. The van der Waals surface area contributed by atoms with E-state index in [-0.39, 0.29) is 24.8 Å². The maximum absolute atomic E-state index is 11.9. The van der Waals surface area contributed by atoms with Crippen LogP contribution >= 0.6 is 0 Å². The minimum Gasteiger partial charge on any atom is -0.444 e. The van der Waals surface area contributed by atoms with Gasteiger partial charge in [-0.1, -0.05) is 0 Å². The lowest BCUT2D eigenvalue weighted by molar-refractivity contribution is -0.149. The monoisotopic (exact) mass is 273 g/mol. The Balaban J connectivity index is 1.94. The standard InChI is InChI=1S/C13H23NO5/c1-12(2,3)19-11(16)14-6-8(14)10-9(7-15)17-13(4,5)18-10/h8-10,15H,6-7H2,1-5H3/t8-,9+,10+,14?/m1/s1. The highest BCUT2D eigenvalue weighted by molar-refractivity contribution is 5.71. The Labute approximate surface area is 113 Å². The highest BCUT2D eigenvalue weighted by atomic mass is 16.8. The van der Waals surface area contributed by atoms with Gasteiger partial charge in [-0.3, -0.25) is 4.90 Å². The van der Waals surface area contributed by atoms with Crippen LogP contribution in [0.2, 0.25) is 0 Å². The molecule has 1 amide bonds. The van der Waals surface area contributed by atoms with E-state index in [0.29, 0.717) is 6.54 Å². The second-order valence-corrected chi connectivity index (χ2v) is 6.52. The highest BCUT2D eigenvalue weighted by Gasteiger charge is 2.55. The van der Waals surface area contributed by atoms with Gasteiger partial charge in [0.1, 0.15) is 17.8 Å². The van der Waals surface area contributed by atoms with Crippen LogP contribution < -0.4 is 0 Å². The first-order valence-electron chi connectivity index (χ1n) is 6.59. The number of rotatable bonds is 2. The number of aliphatic hydroxyl groups is 1. The van der Waals surface area contributed by atoms with E-state index in [9.17, 15) is 9.90 Å². The van der Waals surface area contributed by atoms with Crippen molar-refractivity contribution in [1.29, 1.82) is 0 Å². The van der Waals surface area contributed by atoms with Crippen molar-refractivity contribution in [1.82, 2.24) is 4.90 Å². The third-order valence-electron chi connectivity index (χ3n) is 3.06. The summed E-state index contributed by atoms with van der Waals surface area (Å²) in [5.41, 5.74) is -0.507. The predicted octanol–water partition coefficient (Wildman–Crippen LogP) is 1.12. The number of carbonyl (C=O) groups excluding carboxylic acids is 1. The normalized spacial score (nSPS) is 33.4. The van der Waals surface area contributed by atoms with Crippen molar-refractivity contribution < 1.29 is 24.1 Å². The van der Waals surface area contributed by atoms with Gasteiger partial charge < -0.3 is 19.3 Å². The van der Waals surface area contributed by atoms with Crippen LogP contribution in [0.5, 0.6) is 0 Å². The first-order chi connectivity index (χ1) is 8.63. The number of hydrogen-bond donors (Lipinski definition) is 1. The minimum atomic E-state index is -0.722. The summed E-state index contributed by atoms with van der Waals surface area (Å²) in [4.78, 5) is 13.5. The third-order valence-corrected chi connectivity index (χ3v) is 3.06. The van der Waals surface area contributed by atoms with E-state index >= 15 is 0 Å². The molecule has 6 heteroatoms. The average Bonchev–Trinajstić information content (AvgIpc) is 2.95. The number of aliphatic hydroxyl groups excluding tert-OH is 1. The van der Waals surface area contributed by atoms with Crippen molar-refractivity contribution in [2.24, 2.45) is 0 Å². The summed E-state index contributed by atoms with van der Waals surface area (Å²) in [6, 6.07) is -0.0752. The molecule has 3 atom stereocenters. The molecule has 0 aromatic carbocycles. The van der Waals surface area contributed by atoms with Gasteiger partial charge in [-0.15, -0.1) is 0 Å². The molecule has 0 radical (unpaired) electrons. The fraction of sp³-hybridized carbons (Fsp3) is 0.923. The summed E-state index contributed by atoms with van der Waals surface area (Å²) in [6.07, 6.45) is -1.04. The topological polar surface area (TPSA) is 68.0 Å². The van der Waals surface area contributed by atoms with Crippen molar-refractivity contribution in [2.75, 3.05) is 13.2 Å². The lowest BCUT2D eigenvalue weighted by Gasteiger charge is -2.21. The van der Waals surface area contributed by atoms with Crippen LogP contribution in [0, 0.1) is 0 Å². The Hall–Kier alpha value is -0.850. The molecule has 2 saturated heterocycles. The van der Waals surface area contributed by atoms with Crippen molar-refractivity contribution >= 4 is 6.09 Å². The van der Waals surface area contributed by atoms with E-state index in [1.54, 1.807) is 18.7 Å². The van der Waals surface area contributed by atoms with Crippen LogP contribution in [-0.2, 0) is 14.2 Å². The first kappa shape index (κ1) is 14.6. The van der Waals surface area contributed by atoms with Crippen LogP contribution in [0.3, 0.4) is 0 Å². The molecule has 2 heterocycles. The van der Waals surface area contributed by atoms with Gasteiger partial charge in [0.25, 0.3) is 0 Å². The summed E-state index contributed by atoms with van der Waals surface area (Å²) >= 11 is 0. The van der Waals surface area contributed by atoms with Gasteiger partial charge in [0.05, 0.1) is 12.6 Å². The summed E-state index contributed by atoms with van der Waals surface area (Å²) in [5, 5.41) is 9.32. The van der Waals surface area contributed by atoms with Crippen molar-refractivity contribution in [3.8, 4) is 0 Å².